The summed E-state index contributed by atoms with van der Waals surface area (Å²) < 4.78 is 36.9. The topological polar surface area (TPSA) is 135 Å². The van der Waals surface area contributed by atoms with Crippen LogP contribution in [-0.4, -0.2) is 77.1 Å². The van der Waals surface area contributed by atoms with Gasteiger partial charge in [0.15, 0.2) is 17.5 Å². The van der Waals surface area contributed by atoms with E-state index in [1.807, 2.05) is 0 Å². The van der Waals surface area contributed by atoms with Crippen LogP contribution >= 0.6 is 0 Å². The van der Waals surface area contributed by atoms with E-state index < -0.39 is 17.3 Å². The van der Waals surface area contributed by atoms with Crippen LogP contribution in [0.3, 0.4) is 0 Å². The van der Waals surface area contributed by atoms with E-state index in [0.29, 0.717) is 6.04 Å². The molecule has 0 radical (unpaired) electrons. The number of benzene rings is 1. The normalized spacial score (nSPS) is 21.2. The molecule has 0 aliphatic carbocycles. The number of rotatable bonds is 9. The van der Waals surface area contributed by atoms with Gasteiger partial charge in [-0.15, -0.1) is 4.80 Å². The molecule has 2 aromatic heterocycles. The predicted octanol–water partition coefficient (Wildman–Crippen LogP) is 2.60. The molecule has 216 valence electrons. The van der Waals surface area contributed by atoms with Gasteiger partial charge in [-0.2, -0.15) is 4.98 Å². The van der Waals surface area contributed by atoms with Crippen molar-refractivity contribution in [1.29, 1.82) is 0 Å². The number of nitrogens with zero attached hydrogens (tertiary/aromatic N) is 7. The Balaban J connectivity index is 1.41. The number of ether oxygens (including phenoxy) is 1. The average molecular weight is 560 g/mol. The van der Waals surface area contributed by atoms with Gasteiger partial charge in [0, 0.05) is 43.3 Å². The maximum absolute atomic E-state index is 15.3. The molecule has 3 atom stereocenters. The molecule has 5 rings (SSSR count). The van der Waals surface area contributed by atoms with Crippen LogP contribution in [0.1, 0.15) is 46.5 Å². The molecule has 2 fully saturated rings. The molecular formula is C26H35F2N9O3. The lowest BCUT2D eigenvalue weighted by Crippen LogP contribution is -2.55. The zero-order chi connectivity index (χ0) is 28.6. The number of anilines is 3. The van der Waals surface area contributed by atoms with Crippen LogP contribution < -0.4 is 21.1 Å². The molecule has 0 amide bonds. The Morgan fingerprint density at radius 2 is 2.08 bits per heavy atom. The number of hydrogen-bond acceptors (Lipinski definition) is 10. The fraction of sp³-hybridized carbons (Fsp3) is 0.577. The highest BCUT2D eigenvalue weighted by Gasteiger charge is 2.43. The van der Waals surface area contributed by atoms with E-state index in [1.54, 1.807) is 6.92 Å². The number of aliphatic hydroxyl groups excluding tert-OH is 1. The summed E-state index contributed by atoms with van der Waals surface area (Å²) in [6.07, 6.45) is 5.05. The van der Waals surface area contributed by atoms with E-state index in [9.17, 15) is 14.3 Å². The van der Waals surface area contributed by atoms with Crippen molar-refractivity contribution in [2.45, 2.75) is 64.1 Å². The van der Waals surface area contributed by atoms with Crippen LogP contribution in [0.4, 0.5) is 26.2 Å². The molecule has 4 heterocycles. The lowest BCUT2D eigenvalue weighted by Gasteiger charge is -2.47. The van der Waals surface area contributed by atoms with Crippen LogP contribution in [0.15, 0.2) is 23.1 Å². The van der Waals surface area contributed by atoms with Crippen LogP contribution in [0.25, 0.3) is 5.69 Å². The number of halogens is 2. The fourth-order valence-electron chi connectivity index (χ4n) is 5.65. The molecule has 2 aliphatic heterocycles. The molecule has 2 saturated heterocycles. The maximum atomic E-state index is 15.3. The van der Waals surface area contributed by atoms with Gasteiger partial charge in [-0.25, -0.2) is 23.2 Å². The fourth-order valence-corrected chi connectivity index (χ4v) is 5.65. The summed E-state index contributed by atoms with van der Waals surface area (Å²) in [5.41, 5.74) is -0.449. The van der Waals surface area contributed by atoms with Crippen molar-refractivity contribution in [3.8, 4) is 11.4 Å². The van der Waals surface area contributed by atoms with Crippen molar-refractivity contribution in [3.63, 3.8) is 0 Å². The highest BCUT2D eigenvalue weighted by molar-refractivity contribution is 5.63. The van der Waals surface area contributed by atoms with Gasteiger partial charge in [0.25, 0.3) is 0 Å². The third-order valence-electron chi connectivity index (χ3n) is 7.66. The molecule has 0 spiro atoms. The summed E-state index contributed by atoms with van der Waals surface area (Å²) in [7, 11) is 1.46. The van der Waals surface area contributed by atoms with Gasteiger partial charge < -0.3 is 20.5 Å². The van der Waals surface area contributed by atoms with Crippen molar-refractivity contribution in [1.82, 2.24) is 34.7 Å². The lowest BCUT2D eigenvalue weighted by molar-refractivity contribution is 0.0500. The van der Waals surface area contributed by atoms with E-state index in [1.165, 1.54) is 17.9 Å². The number of aliphatic hydroxyl groups is 1. The predicted molar refractivity (Wildman–Crippen MR) is 144 cm³/mol. The highest BCUT2D eigenvalue weighted by atomic mass is 19.1. The molecule has 0 saturated carbocycles. The zero-order valence-electron chi connectivity index (χ0n) is 23.1. The van der Waals surface area contributed by atoms with Crippen LogP contribution in [0, 0.1) is 17.6 Å². The standard InChI is InChI=1S/C26H35F2N9O3/c1-15(13-38)14-40-22-9-18(27)20(10-21(22)37-34-33-25(39)35(37)4)31-24-29-12-19(28)23(32-24)30-16-8-17-6-5-7-36(17)26(2,3)11-16/h9-10,12,15-17,38H,5-8,11,13-14H2,1-4H3,(H2,29,30,31,32)/t15-,16-,17+/m1/s1. The molecule has 2 aliphatic rings. The Kier molecular flexibility index (Phi) is 7.73. The third-order valence-corrected chi connectivity index (χ3v) is 7.66. The summed E-state index contributed by atoms with van der Waals surface area (Å²) in [6, 6.07) is 2.99. The average Bonchev–Trinajstić information content (AvgIpc) is 3.52. The van der Waals surface area contributed by atoms with Gasteiger partial charge in [0.1, 0.15) is 11.4 Å². The Morgan fingerprint density at radius 1 is 1.27 bits per heavy atom. The largest absolute Gasteiger partial charge is 0.491 e. The van der Waals surface area contributed by atoms with Crippen molar-refractivity contribution in [2.24, 2.45) is 13.0 Å². The van der Waals surface area contributed by atoms with Gasteiger partial charge in [-0.05, 0) is 57.4 Å². The smallest absolute Gasteiger partial charge is 0.383 e. The first-order valence-electron chi connectivity index (χ1n) is 13.4. The minimum absolute atomic E-state index is 0.0125. The maximum Gasteiger partial charge on any atom is 0.383 e. The highest BCUT2D eigenvalue weighted by Crippen LogP contribution is 2.38. The molecule has 40 heavy (non-hydrogen) atoms. The minimum atomic E-state index is -0.696. The summed E-state index contributed by atoms with van der Waals surface area (Å²) in [4.78, 5) is 24.0. The molecule has 1 aromatic carbocycles. The lowest BCUT2D eigenvalue weighted by atomic mass is 9.84. The Hall–Kier alpha value is -3.65. The first-order valence-corrected chi connectivity index (χ1v) is 13.4. The van der Waals surface area contributed by atoms with Gasteiger partial charge in [-0.1, -0.05) is 12.0 Å². The molecule has 12 nitrogen and oxygen atoms in total. The molecule has 14 heteroatoms. The summed E-state index contributed by atoms with van der Waals surface area (Å²) in [5.74, 6) is -1.38. The van der Waals surface area contributed by atoms with E-state index in [-0.39, 0.29) is 59.6 Å². The second-order valence-electron chi connectivity index (χ2n) is 11.3. The van der Waals surface area contributed by atoms with Gasteiger partial charge in [-0.3, -0.25) is 4.90 Å². The SMILES string of the molecule is C[C@H](CO)COc1cc(F)c(Nc2ncc(F)c(N[C@@H]3C[C@@H]4CCCN4C(C)(C)C3)n2)cc1-n1nnc(=O)n1C. The number of fused-ring (bicyclic) bond motifs is 1. The van der Waals surface area contributed by atoms with E-state index in [4.69, 9.17) is 4.74 Å². The summed E-state index contributed by atoms with van der Waals surface area (Å²) in [5, 5.41) is 22.8. The van der Waals surface area contributed by atoms with Crippen molar-refractivity contribution < 1.29 is 18.6 Å². The number of aromatic nitrogens is 6. The summed E-state index contributed by atoms with van der Waals surface area (Å²) >= 11 is 0. The van der Waals surface area contributed by atoms with Crippen molar-refractivity contribution in [3.05, 3.63) is 40.4 Å². The molecule has 0 bridgehead atoms. The van der Waals surface area contributed by atoms with Crippen LogP contribution in [0.5, 0.6) is 5.75 Å². The summed E-state index contributed by atoms with van der Waals surface area (Å²) in [6.45, 7) is 7.27. The van der Waals surface area contributed by atoms with E-state index in [0.717, 1.165) is 49.2 Å². The number of nitrogens with one attached hydrogen (secondary N) is 2. The number of piperidine rings is 1. The van der Waals surface area contributed by atoms with Gasteiger partial charge in [0.2, 0.25) is 5.95 Å². The monoisotopic (exact) mass is 559 g/mol. The first-order chi connectivity index (χ1) is 19.1. The second-order valence-corrected chi connectivity index (χ2v) is 11.3. The van der Waals surface area contributed by atoms with Gasteiger partial charge in [0.05, 0.1) is 18.5 Å². The van der Waals surface area contributed by atoms with Crippen LogP contribution in [0.2, 0.25) is 0 Å². The van der Waals surface area contributed by atoms with Crippen molar-refractivity contribution in [2.75, 3.05) is 30.4 Å². The van der Waals surface area contributed by atoms with E-state index >= 15 is 4.39 Å². The number of tetrazole rings is 1. The molecule has 3 aromatic rings. The first kappa shape index (κ1) is 27.9. The van der Waals surface area contributed by atoms with Crippen LogP contribution in [-0.2, 0) is 7.05 Å². The van der Waals surface area contributed by atoms with Crippen molar-refractivity contribution >= 4 is 17.5 Å². The zero-order valence-corrected chi connectivity index (χ0v) is 23.1. The molecule has 3 N–H and O–H groups in total. The van der Waals surface area contributed by atoms with Gasteiger partial charge >= 0.3 is 5.69 Å². The number of hydrogen-bond donors (Lipinski definition) is 3. The Bertz CT molecular complexity index is 1430. The Morgan fingerprint density at radius 3 is 2.80 bits per heavy atom. The Labute approximate surface area is 230 Å². The molecular weight excluding hydrogens is 524 g/mol. The van der Waals surface area contributed by atoms with E-state index in [2.05, 4.69) is 49.7 Å². The quantitative estimate of drug-likeness (QED) is 0.359. The minimum Gasteiger partial charge on any atom is -0.491 e. The second kappa shape index (κ2) is 11.1. The molecule has 0 unspecified atom stereocenters. The third kappa shape index (κ3) is 5.63.